The minimum atomic E-state index is -0.125. The van der Waals surface area contributed by atoms with Crippen LogP contribution in [0, 0.1) is 5.82 Å². The Morgan fingerprint density at radius 3 is 2.52 bits per heavy atom. The number of hydrogen-bond acceptors (Lipinski definition) is 3. The van der Waals surface area contributed by atoms with Crippen molar-refractivity contribution in [1.82, 2.24) is 9.80 Å². The molecule has 1 aromatic rings. The zero-order valence-corrected chi connectivity index (χ0v) is 13.3. The van der Waals surface area contributed by atoms with Gasteiger partial charge >= 0.3 is 0 Å². The highest BCUT2D eigenvalue weighted by atomic mass is 19.1. The summed E-state index contributed by atoms with van der Waals surface area (Å²) in [6.45, 7) is 6.82. The summed E-state index contributed by atoms with van der Waals surface area (Å²) in [5.74, 6) is -0.125. The number of nitrogens with zero attached hydrogens (tertiary/aromatic N) is 2. The molecule has 3 nitrogen and oxygen atoms in total. The second-order valence-electron chi connectivity index (χ2n) is 6.22. The summed E-state index contributed by atoms with van der Waals surface area (Å²) in [6, 6.07) is 7.02. The van der Waals surface area contributed by atoms with Crippen molar-refractivity contribution >= 4 is 0 Å². The molecule has 4 heteroatoms. The van der Waals surface area contributed by atoms with Gasteiger partial charge in [0.15, 0.2) is 0 Å². The Morgan fingerprint density at radius 2 is 1.95 bits per heavy atom. The molecule has 2 N–H and O–H groups in total. The number of rotatable bonds is 6. The SMILES string of the molecule is CCCN1CCC(CN)(N(C)Cc2ccccc2F)CC1. The molecule has 0 aromatic heterocycles. The van der Waals surface area contributed by atoms with Crippen LogP contribution in [-0.4, -0.2) is 48.6 Å². The molecule has 0 aliphatic carbocycles. The van der Waals surface area contributed by atoms with Gasteiger partial charge in [0.2, 0.25) is 0 Å². The topological polar surface area (TPSA) is 32.5 Å². The molecule has 0 amide bonds. The lowest BCUT2D eigenvalue weighted by atomic mass is 9.85. The largest absolute Gasteiger partial charge is 0.329 e. The lowest BCUT2D eigenvalue weighted by Gasteiger charge is -2.47. The van der Waals surface area contributed by atoms with E-state index in [9.17, 15) is 4.39 Å². The summed E-state index contributed by atoms with van der Waals surface area (Å²) >= 11 is 0. The van der Waals surface area contributed by atoms with Crippen LogP contribution >= 0.6 is 0 Å². The van der Waals surface area contributed by atoms with Gasteiger partial charge in [0.05, 0.1) is 0 Å². The van der Waals surface area contributed by atoms with Crippen LogP contribution in [0.3, 0.4) is 0 Å². The Balaban J connectivity index is 2.02. The molecule has 1 saturated heterocycles. The Bertz CT molecular complexity index is 441. The van der Waals surface area contributed by atoms with Crippen LogP contribution < -0.4 is 5.73 Å². The zero-order valence-electron chi connectivity index (χ0n) is 13.3. The van der Waals surface area contributed by atoms with Crippen LogP contribution in [0.1, 0.15) is 31.7 Å². The molecule has 0 atom stereocenters. The van der Waals surface area contributed by atoms with Crippen molar-refractivity contribution in [3.63, 3.8) is 0 Å². The van der Waals surface area contributed by atoms with E-state index < -0.39 is 0 Å². The summed E-state index contributed by atoms with van der Waals surface area (Å²) in [5.41, 5.74) is 6.86. The molecule has 0 unspecified atom stereocenters. The molecule has 0 radical (unpaired) electrons. The second kappa shape index (κ2) is 7.34. The minimum absolute atomic E-state index is 0.00647. The summed E-state index contributed by atoms with van der Waals surface area (Å²) in [5, 5.41) is 0. The van der Waals surface area contributed by atoms with Crippen molar-refractivity contribution in [3.05, 3.63) is 35.6 Å². The third-order valence-electron chi connectivity index (χ3n) is 4.88. The lowest BCUT2D eigenvalue weighted by molar-refractivity contribution is 0.0395. The molecule has 1 aromatic carbocycles. The number of likely N-dealkylation sites (N-methyl/N-ethyl adjacent to an activating group) is 1. The average Bonchev–Trinajstić information content (AvgIpc) is 2.51. The highest BCUT2D eigenvalue weighted by Gasteiger charge is 2.36. The van der Waals surface area contributed by atoms with Gasteiger partial charge in [-0.05, 0) is 52.0 Å². The smallest absolute Gasteiger partial charge is 0.127 e. The summed E-state index contributed by atoms with van der Waals surface area (Å²) in [7, 11) is 2.08. The van der Waals surface area contributed by atoms with Crippen molar-refractivity contribution < 1.29 is 4.39 Å². The second-order valence-corrected chi connectivity index (χ2v) is 6.22. The summed E-state index contributed by atoms with van der Waals surface area (Å²) < 4.78 is 13.8. The predicted molar refractivity (Wildman–Crippen MR) is 85.6 cm³/mol. The molecule has 1 aliphatic heterocycles. The van der Waals surface area contributed by atoms with Gasteiger partial charge in [-0.25, -0.2) is 4.39 Å². The molecular weight excluding hydrogens is 265 g/mol. The predicted octanol–water partition coefficient (Wildman–Crippen LogP) is 2.46. The molecule has 0 saturated carbocycles. The molecular formula is C17H28FN3. The fraction of sp³-hybridized carbons (Fsp3) is 0.647. The van der Waals surface area contributed by atoms with E-state index in [2.05, 4.69) is 23.8 Å². The number of likely N-dealkylation sites (tertiary alicyclic amines) is 1. The fourth-order valence-corrected chi connectivity index (χ4v) is 3.30. The summed E-state index contributed by atoms with van der Waals surface area (Å²) in [4.78, 5) is 4.76. The van der Waals surface area contributed by atoms with E-state index in [1.54, 1.807) is 6.07 Å². The molecule has 0 spiro atoms. The van der Waals surface area contributed by atoms with Crippen LogP contribution in [0.2, 0.25) is 0 Å². The number of nitrogens with two attached hydrogens (primary N) is 1. The number of benzene rings is 1. The monoisotopic (exact) mass is 293 g/mol. The van der Waals surface area contributed by atoms with Crippen molar-refractivity contribution in [2.45, 2.75) is 38.3 Å². The van der Waals surface area contributed by atoms with E-state index in [-0.39, 0.29) is 11.4 Å². The van der Waals surface area contributed by atoms with Gasteiger partial charge in [0.25, 0.3) is 0 Å². The van der Waals surface area contributed by atoms with Crippen LogP contribution in [0.4, 0.5) is 4.39 Å². The maximum atomic E-state index is 13.8. The van der Waals surface area contributed by atoms with Crippen molar-refractivity contribution in [3.8, 4) is 0 Å². The number of hydrogen-bond donors (Lipinski definition) is 1. The van der Waals surface area contributed by atoms with Crippen LogP contribution in [0.15, 0.2) is 24.3 Å². The minimum Gasteiger partial charge on any atom is -0.329 e. The summed E-state index contributed by atoms with van der Waals surface area (Å²) in [6.07, 6.45) is 3.32. The van der Waals surface area contributed by atoms with Gasteiger partial charge in [0, 0.05) is 24.2 Å². The third-order valence-corrected chi connectivity index (χ3v) is 4.88. The zero-order chi connectivity index (χ0) is 15.3. The molecule has 21 heavy (non-hydrogen) atoms. The molecule has 1 aliphatic rings. The first-order chi connectivity index (χ1) is 10.1. The Morgan fingerprint density at radius 1 is 1.29 bits per heavy atom. The maximum absolute atomic E-state index is 13.8. The highest BCUT2D eigenvalue weighted by Crippen LogP contribution is 2.29. The van der Waals surface area contributed by atoms with Crippen LogP contribution in [0.5, 0.6) is 0 Å². The van der Waals surface area contributed by atoms with E-state index >= 15 is 0 Å². The van der Waals surface area contributed by atoms with Gasteiger partial charge in [-0.1, -0.05) is 25.1 Å². The Hall–Kier alpha value is -0.970. The van der Waals surface area contributed by atoms with Gasteiger partial charge in [-0.15, -0.1) is 0 Å². The van der Waals surface area contributed by atoms with Gasteiger partial charge in [-0.2, -0.15) is 0 Å². The number of halogens is 1. The number of piperidine rings is 1. The lowest BCUT2D eigenvalue weighted by Crippen LogP contribution is -2.57. The highest BCUT2D eigenvalue weighted by molar-refractivity contribution is 5.17. The third kappa shape index (κ3) is 3.82. The van der Waals surface area contributed by atoms with Crippen LogP contribution in [-0.2, 0) is 6.54 Å². The standard InChI is InChI=1S/C17H28FN3/c1-3-10-21-11-8-17(14-19,9-12-21)20(2)13-15-6-4-5-7-16(15)18/h4-7H,3,8-14,19H2,1-2H3. The first-order valence-corrected chi connectivity index (χ1v) is 7.98. The average molecular weight is 293 g/mol. The van der Waals surface area contributed by atoms with E-state index in [0.29, 0.717) is 13.1 Å². The van der Waals surface area contributed by atoms with E-state index in [1.165, 1.54) is 12.5 Å². The first kappa shape index (κ1) is 16.4. The van der Waals surface area contributed by atoms with E-state index in [0.717, 1.165) is 38.0 Å². The van der Waals surface area contributed by atoms with Gasteiger partial charge < -0.3 is 10.6 Å². The Labute approximate surface area is 127 Å². The molecule has 1 heterocycles. The molecule has 2 rings (SSSR count). The van der Waals surface area contributed by atoms with Crippen LogP contribution in [0.25, 0.3) is 0 Å². The molecule has 1 fully saturated rings. The van der Waals surface area contributed by atoms with Crippen molar-refractivity contribution in [2.75, 3.05) is 33.2 Å². The maximum Gasteiger partial charge on any atom is 0.127 e. The van der Waals surface area contributed by atoms with Gasteiger partial charge in [-0.3, -0.25) is 4.90 Å². The van der Waals surface area contributed by atoms with E-state index in [1.807, 2.05) is 12.1 Å². The van der Waals surface area contributed by atoms with Gasteiger partial charge in [0.1, 0.15) is 5.82 Å². The normalized spacial score (nSPS) is 19.1. The molecule has 0 bridgehead atoms. The Kier molecular flexibility index (Phi) is 5.73. The molecule has 118 valence electrons. The van der Waals surface area contributed by atoms with Crippen molar-refractivity contribution in [2.24, 2.45) is 5.73 Å². The van der Waals surface area contributed by atoms with Crippen molar-refractivity contribution in [1.29, 1.82) is 0 Å². The fourth-order valence-electron chi connectivity index (χ4n) is 3.30. The quantitative estimate of drug-likeness (QED) is 0.874. The first-order valence-electron chi connectivity index (χ1n) is 7.98. The van der Waals surface area contributed by atoms with E-state index in [4.69, 9.17) is 5.73 Å².